The third-order valence-electron chi connectivity index (χ3n) is 15.9. The van der Waals surface area contributed by atoms with E-state index >= 15 is 8.78 Å². The Labute approximate surface area is 424 Å². The number of hydrogen-bond donors (Lipinski definition) is 4. The van der Waals surface area contributed by atoms with Gasteiger partial charge in [0.2, 0.25) is 17.7 Å². The normalized spacial score (nSPS) is 22.7. The molecule has 8 atom stereocenters. The minimum Gasteiger partial charge on any atom is -0.453 e. The molecule has 0 radical (unpaired) electrons. The molecule has 5 aliphatic rings. The minimum atomic E-state index is -1.51. The molecule has 0 saturated carbocycles. The van der Waals surface area contributed by atoms with E-state index < -0.39 is 74.0 Å². The Morgan fingerprint density at radius 3 is 2.04 bits per heavy atom. The molecule has 3 aromatic carbocycles. The third kappa shape index (κ3) is 9.82. The highest BCUT2D eigenvalue weighted by Gasteiger charge is 2.45. The second kappa shape index (κ2) is 20.9. The quantitative estimate of drug-likeness (QED) is 0.0961. The van der Waals surface area contributed by atoms with Gasteiger partial charge in [0.1, 0.15) is 29.6 Å². The number of imidazole rings is 1. The van der Waals surface area contributed by atoms with Crippen LogP contribution in [0.25, 0.3) is 22.2 Å². The van der Waals surface area contributed by atoms with Crippen LogP contribution in [0.3, 0.4) is 0 Å². The number of likely N-dealkylation sites (tertiary alicyclic amines) is 2. The first-order chi connectivity index (χ1) is 35.0. The maximum absolute atomic E-state index is 17.8. The number of methoxy groups -OCH3 is 4. The van der Waals surface area contributed by atoms with Crippen LogP contribution in [0.4, 0.5) is 35.4 Å². The topological polar surface area (TPSA) is 200 Å². The van der Waals surface area contributed by atoms with E-state index in [1.54, 1.807) is 30.9 Å². The fourth-order valence-electron chi connectivity index (χ4n) is 11.6. The molecule has 0 spiro atoms. The number of amides is 5. The maximum Gasteiger partial charge on any atom is 0.407 e. The Morgan fingerprint density at radius 2 is 1.38 bits per heavy atom. The summed E-state index contributed by atoms with van der Waals surface area (Å²) in [6, 6.07) is 10.9. The number of hydrogen-bond acceptors (Lipinski definition) is 12. The summed E-state index contributed by atoms with van der Waals surface area (Å²) in [4.78, 5) is 82.2. The van der Waals surface area contributed by atoms with E-state index in [0.717, 1.165) is 35.2 Å². The SMILES string of the molecule is COC(=O)N[C@H](C(=O)N1CCC[C@H]1C(=O)Nc1ccc2c(c1)-c1c(cc(F)c(N3CC[Si](C)(C)CC3)c1F)N1[C@@H](c3ccc4nc([C@@H]5CCCN5C(=O)[C@@H](NC(=O)OC)[C@@H](C)OC)[nH]c4c3)CC[C@H]21)[C@@H](C)OC. The van der Waals surface area contributed by atoms with Crippen molar-refractivity contribution in [2.75, 3.05) is 69.7 Å². The fraction of sp³-hybridized carbons (Fsp3) is 0.538. The number of fused-ring (bicyclic) bond motifs is 7. The van der Waals surface area contributed by atoms with Crippen molar-refractivity contribution < 1.29 is 51.7 Å². The molecule has 9 rings (SSSR count). The molecule has 4 N–H and O–H groups in total. The van der Waals surface area contributed by atoms with Crippen LogP contribution in [0.5, 0.6) is 0 Å². The van der Waals surface area contributed by atoms with E-state index in [1.807, 2.05) is 29.2 Å². The molecule has 5 amide bonds. The molecular formula is C52H67F2N9O9Si. The summed E-state index contributed by atoms with van der Waals surface area (Å²) in [6.45, 7) is 9.83. The Bertz CT molecular complexity index is 2790. The summed E-state index contributed by atoms with van der Waals surface area (Å²) in [5.41, 5.74) is 4.80. The predicted octanol–water partition coefficient (Wildman–Crippen LogP) is 7.54. The lowest BCUT2D eigenvalue weighted by atomic mass is 9.86. The Hall–Kier alpha value is -6.32. The van der Waals surface area contributed by atoms with Crippen molar-refractivity contribution in [2.24, 2.45) is 0 Å². The van der Waals surface area contributed by atoms with Crippen LogP contribution in [0.2, 0.25) is 25.2 Å². The maximum atomic E-state index is 17.8. The summed E-state index contributed by atoms with van der Waals surface area (Å²) in [5.74, 6) is -1.89. The van der Waals surface area contributed by atoms with E-state index in [9.17, 15) is 24.0 Å². The summed E-state index contributed by atoms with van der Waals surface area (Å²) < 4.78 is 55.1. The predicted molar refractivity (Wildman–Crippen MR) is 273 cm³/mol. The van der Waals surface area contributed by atoms with Crippen LogP contribution in [-0.4, -0.2) is 143 Å². The van der Waals surface area contributed by atoms with Gasteiger partial charge in [0.25, 0.3) is 0 Å². The first kappa shape index (κ1) is 51.6. The van der Waals surface area contributed by atoms with Gasteiger partial charge in [0.05, 0.1) is 69.3 Å². The number of anilines is 3. The molecule has 6 heterocycles. The molecular weight excluding hydrogens is 961 g/mol. The van der Waals surface area contributed by atoms with Crippen LogP contribution in [0.1, 0.15) is 87.4 Å². The number of halogens is 2. The monoisotopic (exact) mass is 1030 g/mol. The molecule has 4 aromatic rings. The number of carbonyl (C=O) groups excluding carboxylic acids is 5. The van der Waals surface area contributed by atoms with E-state index in [4.69, 9.17) is 23.9 Å². The van der Waals surface area contributed by atoms with E-state index in [1.165, 1.54) is 39.4 Å². The van der Waals surface area contributed by atoms with Crippen molar-refractivity contribution in [3.05, 3.63) is 71.1 Å². The molecule has 0 bridgehead atoms. The number of nitrogens with zero attached hydrogens (tertiary/aromatic N) is 5. The molecule has 392 valence electrons. The number of alkyl carbamates (subject to hydrolysis) is 2. The number of carbonyl (C=O) groups is 5. The number of H-pyrrole nitrogens is 1. The third-order valence-corrected chi connectivity index (χ3v) is 19.1. The van der Waals surface area contributed by atoms with Gasteiger partial charge in [-0.15, -0.1) is 0 Å². The number of benzene rings is 3. The zero-order valence-corrected chi connectivity index (χ0v) is 43.8. The molecule has 0 aliphatic carbocycles. The standard InChI is InChI=1S/C52H67F2N9O9Si/c1-28(69-3)44(58-51(67)71-5)49(65)61-19-9-11-39(61)47-56-35-16-13-30(25-36(35)57-47)37-17-18-38-32-15-14-31(55-48(64)40-12-10-20-62(40)50(66)45(29(2)70-4)59-52(68)72-6)26-33(32)42-41(63(37)38)27-34(53)46(43(42)54)60-21-23-73(7,8)24-22-60/h13-16,25-29,37-40,44-45H,9-12,17-24H2,1-8H3,(H,55,64)(H,56,57)(H,58,67)(H,59,68)/t28-,29-,37-,38-,39+,40+,44+,45+/m1/s1. The summed E-state index contributed by atoms with van der Waals surface area (Å²) in [5, 5.41) is 8.19. The van der Waals surface area contributed by atoms with Gasteiger partial charge < -0.3 is 59.5 Å². The smallest absolute Gasteiger partial charge is 0.407 e. The molecule has 18 nitrogen and oxygen atoms in total. The number of aromatic amines is 1. The average Bonchev–Trinajstić information content (AvgIpc) is 4.23. The molecule has 4 fully saturated rings. The summed E-state index contributed by atoms with van der Waals surface area (Å²) in [7, 11) is 3.83. The van der Waals surface area contributed by atoms with Crippen LogP contribution < -0.4 is 25.8 Å². The lowest BCUT2D eigenvalue weighted by molar-refractivity contribution is -0.141. The van der Waals surface area contributed by atoms with Crippen molar-refractivity contribution in [3.8, 4) is 11.1 Å². The van der Waals surface area contributed by atoms with Gasteiger partial charge >= 0.3 is 12.2 Å². The Morgan fingerprint density at radius 1 is 0.753 bits per heavy atom. The van der Waals surface area contributed by atoms with Crippen molar-refractivity contribution in [2.45, 2.75) is 126 Å². The van der Waals surface area contributed by atoms with Crippen LogP contribution in [0, 0.1) is 11.6 Å². The second-order valence-corrected chi connectivity index (χ2v) is 26.1. The van der Waals surface area contributed by atoms with Gasteiger partial charge in [0.15, 0.2) is 11.6 Å². The highest BCUT2D eigenvalue weighted by molar-refractivity contribution is 6.77. The molecule has 1 aromatic heterocycles. The summed E-state index contributed by atoms with van der Waals surface area (Å²) >= 11 is 0. The number of aromatic nitrogens is 2. The first-order valence-corrected chi connectivity index (χ1v) is 28.7. The van der Waals surface area contributed by atoms with Gasteiger partial charge in [-0.2, -0.15) is 0 Å². The molecule has 73 heavy (non-hydrogen) atoms. The molecule has 21 heteroatoms. The van der Waals surface area contributed by atoms with Gasteiger partial charge in [0, 0.05) is 57.7 Å². The van der Waals surface area contributed by atoms with Gasteiger partial charge in [-0.1, -0.05) is 25.2 Å². The Kier molecular flexibility index (Phi) is 14.8. The van der Waals surface area contributed by atoms with E-state index in [-0.39, 0.29) is 35.3 Å². The van der Waals surface area contributed by atoms with Gasteiger partial charge in [-0.3, -0.25) is 14.4 Å². The van der Waals surface area contributed by atoms with Crippen molar-refractivity contribution in [1.82, 2.24) is 30.4 Å². The lowest BCUT2D eigenvalue weighted by Crippen LogP contribution is -2.56. The minimum absolute atomic E-state index is 0.0479. The van der Waals surface area contributed by atoms with E-state index in [2.05, 4.69) is 38.9 Å². The number of ether oxygens (including phenoxy) is 4. The van der Waals surface area contributed by atoms with Crippen molar-refractivity contribution in [1.29, 1.82) is 0 Å². The van der Waals surface area contributed by atoms with Crippen LogP contribution in [-0.2, 0) is 33.3 Å². The second-order valence-electron chi connectivity index (χ2n) is 20.8. The van der Waals surface area contributed by atoms with Crippen LogP contribution >= 0.6 is 0 Å². The molecule has 0 unspecified atom stereocenters. The fourth-order valence-corrected chi connectivity index (χ4v) is 13.6. The van der Waals surface area contributed by atoms with Gasteiger partial charge in [-0.25, -0.2) is 23.4 Å². The van der Waals surface area contributed by atoms with E-state index in [0.29, 0.717) is 86.6 Å². The highest BCUT2D eigenvalue weighted by Crippen LogP contribution is 2.57. The largest absolute Gasteiger partial charge is 0.453 e. The number of rotatable bonds is 13. The lowest BCUT2D eigenvalue weighted by Gasteiger charge is -2.41. The van der Waals surface area contributed by atoms with Crippen molar-refractivity contribution >= 4 is 66.1 Å². The molecule has 4 saturated heterocycles. The Balaban J connectivity index is 1.03. The number of nitrogens with one attached hydrogen (secondary N) is 4. The average molecular weight is 1030 g/mol. The highest BCUT2D eigenvalue weighted by atomic mass is 28.3. The zero-order valence-electron chi connectivity index (χ0n) is 42.8. The zero-order chi connectivity index (χ0) is 52.0. The first-order valence-electron chi connectivity index (χ1n) is 25.3. The molecule has 5 aliphatic heterocycles. The van der Waals surface area contributed by atoms with Crippen molar-refractivity contribution in [3.63, 3.8) is 0 Å². The van der Waals surface area contributed by atoms with Gasteiger partial charge in [-0.05, 0) is 105 Å². The summed E-state index contributed by atoms with van der Waals surface area (Å²) in [6.07, 6.45) is 0.792. The van der Waals surface area contributed by atoms with Crippen LogP contribution in [0.15, 0.2) is 42.5 Å².